The lowest BCUT2D eigenvalue weighted by molar-refractivity contribution is 0.0736. The number of sulfonamides is 1. The van der Waals surface area contributed by atoms with Crippen molar-refractivity contribution in [1.82, 2.24) is 4.72 Å². The number of nitrogens with one attached hydrogen (secondary N) is 1. The summed E-state index contributed by atoms with van der Waals surface area (Å²) >= 11 is 0. The normalized spacial score (nSPS) is 11.8. The molecule has 0 aliphatic heterocycles. The first-order valence-electron chi connectivity index (χ1n) is 6.47. The third kappa shape index (κ3) is 5.33. The van der Waals surface area contributed by atoms with Gasteiger partial charge < -0.3 is 15.2 Å². The Morgan fingerprint density at radius 3 is 2.62 bits per heavy atom. The van der Waals surface area contributed by atoms with E-state index in [0.717, 1.165) is 0 Å². The van der Waals surface area contributed by atoms with Crippen molar-refractivity contribution in [1.29, 1.82) is 0 Å². The van der Waals surface area contributed by atoms with Crippen LogP contribution in [0.5, 0.6) is 0 Å². The van der Waals surface area contributed by atoms with Gasteiger partial charge in [0, 0.05) is 25.8 Å². The molecule has 0 bridgehead atoms. The molecule has 0 aliphatic carbocycles. The van der Waals surface area contributed by atoms with Gasteiger partial charge in [-0.25, -0.2) is 17.5 Å². The summed E-state index contributed by atoms with van der Waals surface area (Å²) in [6, 6.07) is 2.53. The number of hydrogen-bond donors (Lipinski definition) is 2. The molecule has 120 valence electrons. The monoisotopic (exact) mass is 320 g/mol. The van der Waals surface area contributed by atoms with Crippen LogP contribution < -0.4 is 10.5 Å². The maximum Gasteiger partial charge on any atom is 0.240 e. The molecule has 8 heteroatoms. The van der Waals surface area contributed by atoms with E-state index >= 15 is 0 Å². The number of hydrogen-bond acceptors (Lipinski definition) is 5. The number of ether oxygens (including phenoxy) is 2. The number of aryl methyl sites for hydroxylation is 1. The average Bonchev–Trinajstić information content (AvgIpc) is 2.45. The standard InChI is InChI=1S/C13H21FN2O4S/c1-10-7-12(8-11(9-15)13(10)14)21(17,18)16-3-4-20-6-5-19-2/h7-8,16H,3-6,9,15H2,1-2H3. The summed E-state index contributed by atoms with van der Waals surface area (Å²) in [5.41, 5.74) is 5.83. The lowest BCUT2D eigenvalue weighted by Crippen LogP contribution is -2.28. The van der Waals surface area contributed by atoms with Gasteiger partial charge in [0.2, 0.25) is 10.0 Å². The van der Waals surface area contributed by atoms with Crippen molar-refractivity contribution < 1.29 is 22.3 Å². The van der Waals surface area contributed by atoms with Crippen molar-refractivity contribution in [3.63, 3.8) is 0 Å². The molecule has 0 fully saturated rings. The Morgan fingerprint density at radius 2 is 2.00 bits per heavy atom. The summed E-state index contributed by atoms with van der Waals surface area (Å²) in [7, 11) is -2.15. The van der Waals surface area contributed by atoms with Crippen LogP contribution in [-0.4, -0.2) is 41.9 Å². The van der Waals surface area contributed by atoms with Gasteiger partial charge >= 0.3 is 0 Å². The zero-order valence-electron chi connectivity index (χ0n) is 12.2. The van der Waals surface area contributed by atoms with Crippen LogP contribution in [0.1, 0.15) is 11.1 Å². The van der Waals surface area contributed by atoms with Crippen LogP contribution in [0.3, 0.4) is 0 Å². The van der Waals surface area contributed by atoms with Crippen LogP contribution >= 0.6 is 0 Å². The maximum absolute atomic E-state index is 13.7. The second-order valence-corrected chi connectivity index (χ2v) is 6.19. The fraction of sp³-hybridized carbons (Fsp3) is 0.538. The minimum absolute atomic E-state index is 0.00117. The van der Waals surface area contributed by atoms with Crippen LogP contribution in [0.4, 0.5) is 4.39 Å². The van der Waals surface area contributed by atoms with Crippen molar-refractivity contribution >= 4 is 10.0 Å². The topological polar surface area (TPSA) is 90.6 Å². The molecule has 0 heterocycles. The molecule has 1 aromatic rings. The Hall–Kier alpha value is -1.06. The number of methoxy groups -OCH3 is 1. The van der Waals surface area contributed by atoms with Crippen LogP contribution in [0.2, 0.25) is 0 Å². The van der Waals surface area contributed by atoms with E-state index in [1.54, 1.807) is 7.11 Å². The average molecular weight is 320 g/mol. The second kappa shape index (κ2) is 8.40. The van der Waals surface area contributed by atoms with Crippen LogP contribution in [0.15, 0.2) is 17.0 Å². The summed E-state index contributed by atoms with van der Waals surface area (Å²) in [5, 5.41) is 0. The number of benzene rings is 1. The predicted octanol–water partition coefficient (Wildman–Crippen LogP) is 0.534. The van der Waals surface area contributed by atoms with Gasteiger partial charge in [0.05, 0.1) is 24.7 Å². The predicted molar refractivity (Wildman–Crippen MR) is 76.9 cm³/mol. The minimum atomic E-state index is -3.71. The summed E-state index contributed by atoms with van der Waals surface area (Å²) in [6.07, 6.45) is 0. The molecule has 0 atom stereocenters. The number of nitrogens with two attached hydrogens (primary N) is 1. The van der Waals surface area contributed by atoms with Crippen molar-refractivity contribution in [3.8, 4) is 0 Å². The minimum Gasteiger partial charge on any atom is -0.382 e. The van der Waals surface area contributed by atoms with Crippen molar-refractivity contribution in [2.45, 2.75) is 18.4 Å². The SMILES string of the molecule is COCCOCCNS(=O)(=O)c1cc(C)c(F)c(CN)c1. The van der Waals surface area contributed by atoms with E-state index in [1.165, 1.54) is 19.1 Å². The van der Waals surface area contributed by atoms with Crippen LogP contribution in [0.25, 0.3) is 0 Å². The number of rotatable bonds is 9. The number of halogens is 1. The van der Waals surface area contributed by atoms with E-state index in [9.17, 15) is 12.8 Å². The van der Waals surface area contributed by atoms with Gasteiger partial charge in [-0.2, -0.15) is 0 Å². The smallest absolute Gasteiger partial charge is 0.240 e. The Balaban J connectivity index is 2.68. The molecular weight excluding hydrogens is 299 g/mol. The summed E-state index contributed by atoms with van der Waals surface area (Å²) in [5.74, 6) is -0.473. The highest BCUT2D eigenvalue weighted by molar-refractivity contribution is 7.89. The summed E-state index contributed by atoms with van der Waals surface area (Å²) in [4.78, 5) is -0.00117. The van der Waals surface area contributed by atoms with Crippen LogP contribution in [-0.2, 0) is 26.0 Å². The van der Waals surface area contributed by atoms with E-state index in [1.807, 2.05) is 0 Å². The molecule has 6 nitrogen and oxygen atoms in total. The quantitative estimate of drug-likeness (QED) is 0.648. The van der Waals surface area contributed by atoms with Gasteiger partial charge in [-0.1, -0.05) is 0 Å². The van der Waals surface area contributed by atoms with Gasteiger partial charge in [-0.05, 0) is 24.6 Å². The molecule has 0 unspecified atom stereocenters. The largest absolute Gasteiger partial charge is 0.382 e. The molecule has 0 amide bonds. The third-order valence-corrected chi connectivity index (χ3v) is 4.24. The Kier molecular flexibility index (Phi) is 7.20. The molecule has 0 spiro atoms. The first-order valence-corrected chi connectivity index (χ1v) is 7.96. The van der Waals surface area contributed by atoms with Crippen molar-refractivity contribution in [2.75, 3.05) is 33.5 Å². The van der Waals surface area contributed by atoms with Gasteiger partial charge in [0.25, 0.3) is 0 Å². The lowest BCUT2D eigenvalue weighted by atomic mass is 10.1. The molecule has 3 N–H and O–H groups in total. The molecule has 1 aromatic carbocycles. The maximum atomic E-state index is 13.7. The molecule has 0 saturated carbocycles. The zero-order chi connectivity index (χ0) is 15.9. The van der Waals surface area contributed by atoms with Gasteiger partial charge in [-0.15, -0.1) is 0 Å². The van der Waals surface area contributed by atoms with E-state index < -0.39 is 15.8 Å². The molecule has 0 saturated heterocycles. The van der Waals surface area contributed by atoms with E-state index in [0.29, 0.717) is 13.2 Å². The van der Waals surface area contributed by atoms with Crippen molar-refractivity contribution in [3.05, 3.63) is 29.1 Å². The Labute approximate surface area is 124 Å². The molecular formula is C13H21FN2O4S. The van der Waals surface area contributed by atoms with Gasteiger partial charge in [0.1, 0.15) is 5.82 Å². The lowest BCUT2D eigenvalue weighted by Gasteiger charge is -2.10. The van der Waals surface area contributed by atoms with Gasteiger partial charge in [-0.3, -0.25) is 0 Å². The first-order chi connectivity index (χ1) is 9.92. The fourth-order valence-corrected chi connectivity index (χ4v) is 2.83. The fourth-order valence-electron chi connectivity index (χ4n) is 1.69. The van der Waals surface area contributed by atoms with Crippen LogP contribution in [0, 0.1) is 12.7 Å². The molecule has 21 heavy (non-hydrogen) atoms. The molecule has 1 rings (SSSR count). The molecule has 0 aromatic heterocycles. The summed E-state index contributed by atoms with van der Waals surface area (Å²) < 4.78 is 50.2. The Morgan fingerprint density at radius 1 is 1.29 bits per heavy atom. The zero-order valence-corrected chi connectivity index (χ0v) is 13.0. The highest BCUT2D eigenvalue weighted by Gasteiger charge is 2.17. The third-order valence-electron chi connectivity index (χ3n) is 2.80. The molecule has 0 aliphatic rings. The van der Waals surface area contributed by atoms with E-state index in [4.69, 9.17) is 15.2 Å². The second-order valence-electron chi connectivity index (χ2n) is 4.42. The summed E-state index contributed by atoms with van der Waals surface area (Å²) in [6.45, 7) is 2.64. The highest BCUT2D eigenvalue weighted by atomic mass is 32.2. The molecule has 0 radical (unpaired) electrons. The van der Waals surface area contributed by atoms with Gasteiger partial charge in [0.15, 0.2) is 0 Å². The van der Waals surface area contributed by atoms with Crippen molar-refractivity contribution in [2.24, 2.45) is 5.73 Å². The highest BCUT2D eigenvalue weighted by Crippen LogP contribution is 2.18. The van der Waals surface area contributed by atoms with E-state index in [2.05, 4.69) is 4.72 Å². The first kappa shape index (κ1) is 18.0. The Bertz CT molecular complexity index is 564. The van der Waals surface area contributed by atoms with E-state index in [-0.39, 0.29) is 35.7 Å².